The molecule has 8 heteroatoms. The summed E-state index contributed by atoms with van der Waals surface area (Å²) in [6.45, 7) is 1.50. The van der Waals surface area contributed by atoms with Gasteiger partial charge in [-0.05, 0) is 18.6 Å². The van der Waals surface area contributed by atoms with Crippen LogP contribution in [0.25, 0.3) is 0 Å². The molecule has 0 saturated heterocycles. The fourth-order valence-corrected chi connectivity index (χ4v) is 1.42. The standard InChI is InChI=1S/C12H13F4NO3/c1-6-4-8(19-2)9(20-3)5-7(6)17-11(18)12(15,16)10(13)14/h4-5,10H,1-3H3,(H,17,18). The predicted octanol–water partition coefficient (Wildman–Crippen LogP) is 2.85. The molecule has 0 radical (unpaired) electrons. The number of benzene rings is 1. The van der Waals surface area contributed by atoms with Crippen LogP contribution in [0.2, 0.25) is 0 Å². The molecule has 1 amide bonds. The second-order valence-electron chi connectivity index (χ2n) is 3.90. The number of methoxy groups -OCH3 is 2. The molecular formula is C12H13F4NO3. The van der Waals surface area contributed by atoms with Crippen molar-refractivity contribution in [1.82, 2.24) is 0 Å². The Balaban J connectivity index is 3.07. The zero-order valence-corrected chi connectivity index (χ0v) is 11.0. The molecule has 20 heavy (non-hydrogen) atoms. The normalized spacial score (nSPS) is 11.4. The van der Waals surface area contributed by atoms with Gasteiger partial charge in [-0.3, -0.25) is 4.79 Å². The van der Waals surface area contributed by atoms with Crippen LogP contribution in [-0.4, -0.2) is 32.5 Å². The van der Waals surface area contributed by atoms with Crippen LogP contribution in [0.1, 0.15) is 5.56 Å². The van der Waals surface area contributed by atoms with Crippen LogP contribution >= 0.6 is 0 Å². The van der Waals surface area contributed by atoms with Crippen molar-refractivity contribution in [2.45, 2.75) is 19.3 Å². The third kappa shape index (κ3) is 3.12. The van der Waals surface area contributed by atoms with E-state index in [1.165, 1.54) is 33.3 Å². The van der Waals surface area contributed by atoms with E-state index in [1.54, 1.807) is 5.32 Å². The summed E-state index contributed by atoms with van der Waals surface area (Å²) in [4.78, 5) is 11.2. The minimum atomic E-state index is -4.76. The average molecular weight is 295 g/mol. The maximum Gasteiger partial charge on any atom is 0.383 e. The molecule has 0 aliphatic carbocycles. The molecule has 1 aromatic rings. The summed E-state index contributed by atoms with van der Waals surface area (Å²) in [5.74, 6) is -6.35. The van der Waals surface area contributed by atoms with E-state index >= 15 is 0 Å². The number of hydrogen-bond donors (Lipinski definition) is 1. The van der Waals surface area contributed by atoms with Gasteiger partial charge in [0.05, 0.1) is 14.2 Å². The summed E-state index contributed by atoms with van der Waals surface area (Å²) in [5, 5.41) is 1.75. The smallest absolute Gasteiger partial charge is 0.383 e. The SMILES string of the molecule is COc1cc(C)c(NC(=O)C(F)(F)C(F)F)cc1OC. The topological polar surface area (TPSA) is 47.6 Å². The van der Waals surface area contributed by atoms with Crippen molar-refractivity contribution >= 4 is 11.6 Å². The van der Waals surface area contributed by atoms with Crippen LogP contribution in [-0.2, 0) is 4.79 Å². The van der Waals surface area contributed by atoms with E-state index in [0.717, 1.165) is 0 Å². The molecule has 0 saturated carbocycles. The quantitative estimate of drug-likeness (QED) is 0.850. The highest BCUT2D eigenvalue weighted by atomic mass is 19.3. The van der Waals surface area contributed by atoms with E-state index in [4.69, 9.17) is 9.47 Å². The van der Waals surface area contributed by atoms with Gasteiger partial charge in [-0.2, -0.15) is 8.78 Å². The lowest BCUT2D eigenvalue weighted by Crippen LogP contribution is -2.41. The van der Waals surface area contributed by atoms with E-state index < -0.39 is 18.3 Å². The maximum absolute atomic E-state index is 12.9. The first-order valence-electron chi connectivity index (χ1n) is 5.44. The van der Waals surface area contributed by atoms with Crippen molar-refractivity contribution in [3.8, 4) is 11.5 Å². The zero-order chi connectivity index (χ0) is 15.5. The third-order valence-corrected chi connectivity index (χ3v) is 2.56. The van der Waals surface area contributed by atoms with Crippen LogP contribution < -0.4 is 14.8 Å². The molecule has 4 nitrogen and oxygen atoms in total. The second-order valence-corrected chi connectivity index (χ2v) is 3.90. The van der Waals surface area contributed by atoms with Crippen molar-refractivity contribution in [2.24, 2.45) is 0 Å². The monoisotopic (exact) mass is 295 g/mol. The van der Waals surface area contributed by atoms with Gasteiger partial charge >= 0.3 is 18.3 Å². The summed E-state index contributed by atoms with van der Waals surface area (Å²) in [6.07, 6.45) is -4.08. The van der Waals surface area contributed by atoms with Crippen LogP contribution in [0.5, 0.6) is 11.5 Å². The zero-order valence-electron chi connectivity index (χ0n) is 11.0. The molecule has 0 spiro atoms. The van der Waals surface area contributed by atoms with E-state index in [2.05, 4.69) is 0 Å². The second kappa shape index (κ2) is 5.98. The van der Waals surface area contributed by atoms with Gasteiger partial charge in [0.25, 0.3) is 0 Å². The first-order valence-corrected chi connectivity index (χ1v) is 5.44. The molecule has 0 heterocycles. The maximum atomic E-state index is 12.9. The van der Waals surface area contributed by atoms with Gasteiger partial charge in [0.15, 0.2) is 11.5 Å². The Morgan fingerprint density at radius 3 is 2.15 bits per heavy atom. The van der Waals surface area contributed by atoms with E-state index in [-0.39, 0.29) is 11.4 Å². The fourth-order valence-electron chi connectivity index (χ4n) is 1.42. The average Bonchev–Trinajstić information content (AvgIpc) is 2.39. The Morgan fingerprint density at radius 2 is 1.70 bits per heavy atom. The number of nitrogens with one attached hydrogen (secondary N) is 1. The van der Waals surface area contributed by atoms with Crippen molar-refractivity contribution in [2.75, 3.05) is 19.5 Å². The largest absolute Gasteiger partial charge is 0.493 e. The molecule has 0 unspecified atom stereocenters. The van der Waals surface area contributed by atoms with E-state index in [9.17, 15) is 22.4 Å². The minimum Gasteiger partial charge on any atom is -0.493 e. The fraction of sp³-hybridized carbons (Fsp3) is 0.417. The molecule has 0 bridgehead atoms. The number of carbonyl (C=O) groups excluding carboxylic acids is 1. The van der Waals surface area contributed by atoms with Crippen molar-refractivity contribution in [1.29, 1.82) is 0 Å². The Morgan fingerprint density at radius 1 is 1.20 bits per heavy atom. The van der Waals surface area contributed by atoms with Crippen LogP contribution in [0.3, 0.4) is 0 Å². The Hall–Kier alpha value is -1.99. The Labute approximate surface area is 112 Å². The molecule has 0 aliphatic heterocycles. The number of halogens is 4. The number of rotatable bonds is 5. The molecule has 0 fully saturated rings. The summed E-state index contributed by atoms with van der Waals surface area (Å²) < 4.78 is 59.8. The Bertz CT molecular complexity index is 506. The number of aryl methyl sites for hydroxylation is 1. The molecule has 0 atom stereocenters. The highest BCUT2D eigenvalue weighted by Crippen LogP contribution is 2.34. The van der Waals surface area contributed by atoms with Crippen LogP contribution in [0.15, 0.2) is 12.1 Å². The van der Waals surface area contributed by atoms with Gasteiger partial charge in [0, 0.05) is 11.8 Å². The van der Waals surface area contributed by atoms with Crippen LogP contribution in [0, 0.1) is 6.92 Å². The molecular weight excluding hydrogens is 282 g/mol. The summed E-state index contributed by atoms with van der Waals surface area (Å²) in [5.41, 5.74) is 0.300. The third-order valence-electron chi connectivity index (χ3n) is 2.56. The van der Waals surface area contributed by atoms with Gasteiger partial charge in [-0.15, -0.1) is 0 Å². The number of carbonyl (C=O) groups is 1. The molecule has 0 aliphatic rings. The van der Waals surface area contributed by atoms with E-state index in [0.29, 0.717) is 11.3 Å². The summed E-state index contributed by atoms with van der Waals surface area (Å²) in [6, 6.07) is 2.64. The van der Waals surface area contributed by atoms with Gasteiger partial charge in [0.1, 0.15) is 0 Å². The van der Waals surface area contributed by atoms with Crippen LogP contribution in [0.4, 0.5) is 23.2 Å². The van der Waals surface area contributed by atoms with Gasteiger partial charge in [-0.25, -0.2) is 8.78 Å². The lowest BCUT2D eigenvalue weighted by Gasteiger charge is -2.17. The highest BCUT2D eigenvalue weighted by Gasteiger charge is 2.49. The van der Waals surface area contributed by atoms with E-state index in [1.807, 2.05) is 0 Å². The molecule has 1 aromatic carbocycles. The summed E-state index contributed by atoms with van der Waals surface area (Å²) in [7, 11) is 2.69. The number of alkyl halides is 4. The van der Waals surface area contributed by atoms with Gasteiger partial charge in [-0.1, -0.05) is 0 Å². The number of anilines is 1. The van der Waals surface area contributed by atoms with Crippen molar-refractivity contribution < 1.29 is 31.8 Å². The lowest BCUT2D eigenvalue weighted by atomic mass is 10.1. The molecule has 0 aromatic heterocycles. The molecule has 1 N–H and O–H groups in total. The first kappa shape index (κ1) is 16.1. The molecule has 112 valence electrons. The Kier molecular flexibility index (Phi) is 4.80. The number of hydrogen-bond acceptors (Lipinski definition) is 3. The van der Waals surface area contributed by atoms with Crippen molar-refractivity contribution in [3.63, 3.8) is 0 Å². The van der Waals surface area contributed by atoms with Gasteiger partial charge < -0.3 is 14.8 Å². The lowest BCUT2D eigenvalue weighted by molar-refractivity contribution is -0.163. The van der Waals surface area contributed by atoms with Gasteiger partial charge in [0.2, 0.25) is 0 Å². The highest BCUT2D eigenvalue weighted by molar-refractivity contribution is 5.97. The molecule has 1 rings (SSSR count). The first-order chi connectivity index (χ1) is 9.23. The number of ether oxygens (including phenoxy) is 2. The summed E-state index contributed by atoms with van der Waals surface area (Å²) >= 11 is 0. The van der Waals surface area contributed by atoms with Crippen molar-refractivity contribution in [3.05, 3.63) is 17.7 Å². The minimum absolute atomic E-state index is 0.0621. The predicted molar refractivity (Wildman–Crippen MR) is 63.9 cm³/mol. The number of amides is 1.